The summed E-state index contributed by atoms with van der Waals surface area (Å²) in [6.45, 7) is 0. The number of nitrogens with zero attached hydrogens (tertiary/aromatic N) is 2. The molecular weight excluding hydrogens is 478 g/mol. The molecule has 1 heterocycles. The molecule has 2 aliphatic rings. The van der Waals surface area contributed by atoms with Crippen molar-refractivity contribution in [2.24, 2.45) is 0 Å². The quantitative estimate of drug-likeness (QED) is 0.395. The molecule has 2 saturated carbocycles. The first kappa shape index (κ1) is 24.0. The zero-order chi connectivity index (χ0) is 25.7. The van der Waals surface area contributed by atoms with Crippen LogP contribution in [0.25, 0.3) is 11.1 Å². The van der Waals surface area contributed by atoms with Crippen molar-refractivity contribution in [3.05, 3.63) is 71.3 Å². The lowest BCUT2D eigenvalue weighted by Crippen LogP contribution is -2.29. The number of amides is 1. The first-order valence-corrected chi connectivity index (χ1v) is 11.7. The average molecular weight is 501 g/mol. The number of benzene rings is 2. The van der Waals surface area contributed by atoms with Crippen LogP contribution in [-0.2, 0) is 16.4 Å². The number of anilines is 1. The van der Waals surface area contributed by atoms with Gasteiger partial charge in [-0.1, -0.05) is 25.0 Å². The van der Waals surface area contributed by atoms with Gasteiger partial charge in [-0.05, 0) is 55.5 Å². The monoisotopic (exact) mass is 501 g/mol. The molecule has 5 rings (SSSR count). The molecule has 0 radical (unpaired) electrons. The third kappa shape index (κ3) is 4.36. The van der Waals surface area contributed by atoms with Gasteiger partial charge in [0.05, 0.1) is 28.8 Å². The molecule has 36 heavy (non-hydrogen) atoms. The first-order valence-electron chi connectivity index (χ1n) is 11.7. The van der Waals surface area contributed by atoms with Crippen LogP contribution in [-0.4, -0.2) is 26.8 Å². The van der Waals surface area contributed by atoms with Gasteiger partial charge < -0.3 is 10.4 Å². The average Bonchev–Trinajstić information content (AvgIpc) is 3.21. The molecule has 2 aromatic carbocycles. The van der Waals surface area contributed by atoms with Crippen molar-refractivity contribution in [2.75, 3.05) is 5.32 Å². The minimum Gasteiger partial charge on any atom is -0.478 e. The second-order valence-electron chi connectivity index (χ2n) is 9.44. The Balaban J connectivity index is 1.39. The molecule has 10 heteroatoms. The number of carboxylic acids is 1. The maximum atomic E-state index is 14.6. The molecule has 0 saturated heterocycles. The molecule has 6 nitrogen and oxygen atoms in total. The molecule has 0 bridgehead atoms. The highest BCUT2D eigenvalue weighted by Crippen LogP contribution is 2.50. The van der Waals surface area contributed by atoms with Gasteiger partial charge >= 0.3 is 12.1 Å². The fraction of sp³-hybridized carbons (Fsp3) is 0.346. The summed E-state index contributed by atoms with van der Waals surface area (Å²) >= 11 is 0. The molecule has 0 unspecified atom stereocenters. The molecule has 1 aromatic heterocycles. The van der Waals surface area contributed by atoms with Gasteiger partial charge in [-0.2, -0.15) is 18.3 Å². The van der Waals surface area contributed by atoms with Gasteiger partial charge in [0.15, 0.2) is 0 Å². The third-order valence-electron chi connectivity index (χ3n) is 7.12. The maximum Gasteiger partial charge on any atom is 0.416 e. The van der Waals surface area contributed by atoms with Gasteiger partial charge in [-0.3, -0.25) is 9.48 Å². The summed E-state index contributed by atoms with van der Waals surface area (Å²) in [6, 6.07) is 6.89. The van der Waals surface area contributed by atoms with E-state index in [1.807, 2.05) is 10.9 Å². The molecule has 2 aliphatic carbocycles. The standard InChI is InChI=1S/C26H23F4N3O3/c27-22-11-16(26(28,29)30)5-8-21(22)25(9-10-25)24(36)32-17-6-7-19(20(12-17)23(34)35)15-13-31-33(14-15)18-3-1-2-4-18/h5-8,11-14,18H,1-4,9-10H2,(H,32,36)(H,34,35). The van der Waals surface area contributed by atoms with E-state index >= 15 is 0 Å². The van der Waals surface area contributed by atoms with Crippen molar-refractivity contribution in [3.63, 3.8) is 0 Å². The van der Waals surface area contributed by atoms with E-state index in [9.17, 15) is 32.3 Å². The topological polar surface area (TPSA) is 84.2 Å². The van der Waals surface area contributed by atoms with Gasteiger partial charge in [-0.15, -0.1) is 0 Å². The number of halogens is 4. The van der Waals surface area contributed by atoms with E-state index in [2.05, 4.69) is 10.4 Å². The van der Waals surface area contributed by atoms with Crippen LogP contribution in [0, 0.1) is 5.82 Å². The Labute approximate surface area is 203 Å². The van der Waals surface area contributed by atoms with Crippen molar-refractivity contribution in [3.8, 4) is 11.1 Å². The minimum atomic E-state index is -4.69. The molecule has 1 amide bonds. The molecule has 188 valence electrons. The van der Waals surface area contributed by atoms with E-state index in [4.69, 9.17) is 0 Å². The normalized spacial score (nSPS) is 17.2. The van der Waals surface area contributed by atoms with Gasteiger partial charge in [0, 0.05) is 23.0 Å². The van der Waals surface area contributed by atoms with Crippen LogP contribution < -0.4 is 5.32 Å². The van der Waals surface area contributed by atoms with Crippen molar-refractivity contribution >= 4 is 17.6 Å². The molecular formula is C26H23F4N3O3. The SMILES string of the molecule is O=C(O)c1cc(NC(=O)C2(c3ccc(C(F)(F)F)cc3F)CC2)ccc1-c1cnn(C2CCCC2)c1. The molecule has 0 atom stereocenters. The zero-order valence-corrected chi connectivity index (χ0v) is 19.1. The summed E-state index contributed by atoms with van der Waals surface area (Å²) in [6.07, 6.45) is 3.60. The van der Waals surface area contributed by atoms with E-state index in [1.54, 1.807) is 18.3 Å². The number of carbonyl (C=O) groups is 2. The Kier molecular flexibility index (Phi) is 5.84. The number of aromatic carboxylic acids is 1. The lowest BCUT2D eigenvalue weighted by Gasteiger charge is -2.18. The number of hydrogen-bond donors (Lipinski definition) is 2. The number of carboxylic acid groups (broad SMARTS) is 1. The summed E-state index contributed by atoms with van der Waals surface area (Å²) in [4.78, 5) is 25.1. The van der Waals surface area contributed by atoms with Crippen LogP contribution in [0.5, 0.6) is 0 Å². The smallest absolute Gasteiger partial charge is 0.416 e. The van der Waals surface area contributed by atoms with E-state index in [-0.39, 0.29) is 29.7 Å². The Morgan fingerprint density at radius 2 is 1.81 bits per heavy atom. The minimum absolute atomic E-state index is 0.0377. The molecule has 3 aromatic rings. The fourth-order valence-corrected chi connectivity index (χ4v) is 4.97. The van der Waals surface area contributed by atoms with E-state index in [1.165, 1.54) is 6.07 Å². The number of nitrogens with one attached hydrogen (secondary N) is 1. The van der Waals surface area contributed by atoms with Crippen molar-refractivity contribution in [2.45, 2.75) is 56.2 Å². The highest BCUT2D eigenvalue weighted by molar-refractivity contribution is 6.03. The largest absolute Gasteiger partial charge is 0.478 e. The second-order valence-corrected chi connectivity index (χ2v) is 9.44. The van der Waals surface area contributed by atoms with Gasteiger partial charge in [0.2, 0.25) is 5.91 Å². The number of aromatic nitrogens is 2. The van der Waals surface area contributed by atoms with Crippen LogP contribution in [0.1, 0.15) is 66.1 Å². The van der Waals surface area contributed by atoms with Gasteiger partial charge in [0.25, 0.3) is 0 Å². The van der Waals surface area contributed by atoms with E-state index in [0.717, 1.165) is 37.8 Å². The molecule has 2 N–H and O–H groups in total. The lowest BCUT2D eigenvalue weighted by molar-refractivity contribution is -0.137. The van der Waals surface area contributed by atoms with Crippen LogP contribution in [0.15, 0.2) is 48.8 Å². The second kappa shape index (κ2) is 8.76. The van der Waals surface area contributed by atoms with Crippen LogP contribution in [0.4, 0.5) is 23.2 Å². The molecule has 0 spiro atoms. The molecule has 2 fully saturated rings. The van der Waals surface area contributed by atoms with Gasteiger partial charge in [-0.25, -0.2) is 9.18 Å². The summed E-state index contributed by atoms with van der Waals surface area (Å²) in [5.74, 6) is -2.89. The predicted molar refractivity (Wildman–Crippen MR) is 123 cm³/mol. The first-order chi connectivity index (χ1) is 17.1. The third-order valence-corrected chi connectivity index (χ3v) is 7.12. The van der Waals surface area contributed by atoms with Crippen molar-refractivity contribution in [1.29, 1.82) is 0 Å². The fourth-order valence-electron chi connectivity index (χ4n) is 4.97. The molecule has 0 aliphatic heterocycles. The summed E-state index contributed by atoms with van der Waals surface area (Å²) < 4.78 is 55.1. The summed E-state index contributed by atoms with van der Waals surface area (Å²) in [5.41, 5.74) is -1.28. The van der Waals surface area contributed by atoms with Crippen molar-refractivity contribution < 1.29 is 32.3 Å². The van der Waals surface area contributed by atoms with E-state index < -0.39 is 34.8 Å². The highest BCUT2D eigenvalue weighted by atomic mass is 19.4. The van der Waals surface area contributed by atoms with Crippen LogP contribution in [0.2, 0.25) is 0 Å². The predicted octanol–water partition coefficient (Wildman–Crippen LogP) is 6.19. The number of alkyl halides is 3. The summed E-state index contributed by atoms with van der Waals surface area (Å²) in [7, 11) is 0. The number of carbonyl (C=O) groups excluding carboxylic acids is 1. The Hall–Kier alpha value is -3.69. The summed E-state index contributed by atoms with van der Waals surface area (Å²) in [5, 5.41) is 16.8. The van der Waals surface area contributed by atoms with Crippen LogP contribution >= 0.6 is 0 Å². The zero-order valence-electron chi connectivity index (χ0n) is 19.1. The lowest BCUT2D eigenvalue weighted by atomic mass is 9.93. The van der Waals surface area contributed by atoms with Gasteiger partial charge in [0.1, 0.15) is 5.82 Å². The van der Waals surface area contributed by atoms with Crippen molar-refractivity contribution in [1.82, 2.24) is 9.78 Å². The maximum absolute atomic E-state index is 14.6. The Morgan fingerprint density at radius 3 is 2.42 bits per heavy atom. The Morgan fingerprint density at radius 1 is 1.08 bits per heavy atom. The highest BCUT2D eigenvalue weighted by Gasteiger charge is 2.53. The number of hydrogen-bond acceptors (Lipinski definition) is 3. The Bertz CT molecular complexity index is 1340. The van der Waals surface area contributed by atoms with Crippen LogP contribution in [0.3, 0.4) is 0 Å². The number of rotatable bonds is 6. The van der Waals surface area contributed by atoms with E-state index in [0.29, 0.717) is 23.2 Å².